The molecule has 0 fully saturated rings. The summed E-state index contributed by atoms with van der Waals surface area (Å²) in [6.45, 7) is 5.58. The van der Waals surface area contributed by atoms with Crippen molar-refractivity contribution in [1.82, 2.24) is 5.16 Å². The minimum atomic E-state index is -0.375. The summed E-state index contributed by atoms with van der Waals surface area (Å²) in [5.41, 5.74) is 3.14. The summed E-state index contributed by atoms with van der Waals surface area (Å²) >= 11 is 0. The van der Waals surface area contributed by atoms with Gasteiger partial charge in [-0.25, -0.2) is 0 Å². The van der Waals surface area contributed by atoms with Crippen LogP contribution in [0.25, 0.3) is 0 Å². The van der Waals surface area contributed by atoms with Gasteiger partial charge in [0.25, 0.3) is 0 Å². The van der Waals surface area contributed by atoms with Crippen LogP contribution in [0, 0.1) is 13.8 Å². The summed E-state index contributed by atoms with van der Waals surface area (Å²) in [4.78, 5) is 23.4. The highest BCUT2D eigenvalue weighted by molar-refractivity contribution is 5.94. The van der Waals surface area contributed by atoms with Crippen LogP contribution in [-0.4, -0.2) is 16.9 Å². The van der Waals surface area contributed by atoms with E-state index in [2.05, 4.69) is 5.16 Å². The number of benzene rings is 2. The summed E-state index contributed by atoms with van der Waals surface area (Å²) in [6, 6.07) is 13.8. The largest absolute Gasteiger partial charge is 0.489 e. The molecule has 0 unspecified atom stereocenters. The third-order valence-electron chi connectivity index (χ3n) is 4.33. The zero-order valence-electron chi connectivity index (χ0n) is 16.0. The number of carbonyl (C=O) groups excluding carboxylic acids is 2. The van der Waals surface area contributed by atoms with Gasteiger partial charge in [-0.3, -0.25) is 9.59 Å². The van der Waals surface area contributed by atoms with Crippen molar-refractivity contribution in [1.29, 1.82) is 0 Å². The minimum Gasteiger partial charge on any atom is -0.489 e. The summed E-state index contributed by atoms with van der Waals surface area (Å²) in [7, 11) is 0. The van der Waals surface area contributed by atoms with Gasteiger partial charge in [0.05, 0.1) is 17.7 Å². The topological polar surface area (TPSA) is 78.6 Å². The van der Waals surface area contributed by atoms with E-state index in [-0.39, 0.29) is 18.2 Å². The normalized spacial score (nSPS) is 10.5. The van der Waals surface area contributed by atoms with Gasteiger partial charge >= 0.3 is 5.97 Å². The Morgan fingerprint density at radius 3 is 2.18 bits per heavy atom. The van der Waals surface area contributed by atoms with Gasteiger partial charge in [0, 0.05) is 5.56 Å². The second-order valence-corrected chi connectivity index (χ2v) is 6.47. The predicted molar refractivity (Wildman–Crippen MR) is 103 cm³/mol. The Balaban J connectivity index is 1.53. The molecule has 6 nitrogen and oxygen atoms in total. The Morgan fingerprint density at radius 1 is 0.964 bits per heavy atom. The van der Waals surface area contributed by atoms with Gasteiger partial charge in [-0.2, -0.15) is 0 Å². The summed E-state index contributed by atoms with van der Waals surface area (Å²) in [5, 5.41) is 3.90. The molecule has 0 saturated carbocycles. The number of ketones is 1. The van der Waals surface area contributed by atoms with Gasteiger partial charge < -0.3 is 14.0 Å². The number of nitrogens with zero attached hydrogens (tertiary/aromatic N) is 1. The summed E-state index contributed by atoms with van der Waals surface area (Å²) in [6.07, 6.45) is 0.138. The average molecular weight is 379 g/mol. The lowest BCUT2D eigenvalue weighted by Crippen LogP contribution is -2.11. The molecule has 0 bridgehead atoms. The molecule has 28 heavy (non-hydrogen) atoms. The van der Waals surface area contributed by atoms with Crippen molar-refractivity contribution < 1.29 is 23.6 Å². The molecular formula is C22H21NO5. The van der Waals surface area contributed by atoms with Gasteiger partial charge in [0.15, 0.2) is 5.78 Å². The van der Waals surface area contributed by atoms with Crippen LogP contribution in [0.2, 0.25) is 0 Å². The first-order valence-electron chi connectivity index (χ1n) is 8.87. The average Bonchev–Trinajstić information content (AvgIpc) is 2.99. The van der Waals surface area contributed by atoms with Crippen molar-refractivity contribution >= 4 is 11.8 Å². The van der Waals surface area contributed by atoms with Crippen LogP contribution in [0.15, 0.2) is 53.1 Å². The molecule has 0 spiro atoms. The number of carbonyl (C=O) groups is 2. The second kappa shape index (κ2) is 8.52. The second-order valence-electron chi connectivity index (χ2n) is 6.47. The fourth-order valence-electron chi connectivity index (χ4n) is 2.66. The quantitative estimate of drug-likeness (QED) is 0.347. The number of hydrogen-bond donors (Lipinski definition) is 0. The first-order chi connectivity index (χ1) is 13.4. The van der Waals surface area contributed by atoms with E-state index in [0.717, 1.165) is 22.6 Å². The van der Waals surface area contributed by atoms with E-state index >= 15 is 0 Å². The number of aromatic nitrogens is 1. The Morgan fingerprint density at radius 2 is 1.61 bits per heavy atom. The summed E-state index contributed by atoms with van der Waals surface area (Å²) in [5.74, 6) is 1.44. The maximum Gasteiger partial charge on any atom is 0.315 e. The lowest BCUT2D eigenvalue weighted by atomic mass is 10.1. The van der Waals surface area contributed by atoms with Crippen molar-refractivity contribution in [2.75, 3.05) is 0 Å². The third kappa shape index (κ3) is 4.85. The van der Waals surface area contributed by atoms with E-state index in [1.807, 2.05) is 38.1 Å². The van der Waals surface area contributed by atoms with E-state index in [4.69, 9.17) is 14.0 Å². The standard InChI is InChI=1S/C22H21NO5/c1-14-21(16(3)28-23-14)13-26-19-8-4-17(5-9-19)12-22(25)27-20-10-6-18(7-11-20)15(2)24/h4-11H,12-13H2,1-3H3. The van der Waals surface area contributed by atoms with E-state index in [1.54, 1.807) is 24.3 Å². The highest BCUT2D eigenvalue weighted by atomic mass is 16.5. The van der Waals surface area contributed by atoms with Crippen LogP contribution in [0.4, 0.5) is 0 Å². The molecular weight excluding hydrogens is 358 g/mol. The molecule has 6 heteroatoms. The number of rotatable bonds is 7. The molecule has 1 heterocycles. The van der Waals surface area contributed by atoms with E-state index in [0.29, 0.717) is 23.7 Å². The molecule has 144 valence electrons. The first-order valence-corrected chi connectivity index (χ1v) is 8.87. The van der Waals surface area contributed by atoms with Crippen LogP contribution >= 0.6 is 0 Å². The van der Waals surface area contributed by atoms with Gasteiger partial charge in [-0.05, 0) is 62.7 Å². The number of ether oxygens (including phenoxy) is 2. The highest BCUT2D eigenvalue weighted by Gasteiger charge is 2.10. The molecule has 0 atom stereocenters. The maximum atomic E-state index is 12.1. The molecule has 0 amide bonds. The Kier molecular flexibility index (Phi) is 5.89. The summed E-state index contributed by atoms with van der Waals surface area (Å²) < 4.78 is 16.2. The molecule has 3 aromatic rings. The molecule has 3 rings (SSSR count). The molecule has 2 aromatic carbocycles. The smallest absolute Gasteiger partial charge is 0.315 e. The highest BCUT2D eigenvalue weighted by Crippen LogP contribution is 2.19. The van der Waals surface area contributed by atoms with E-state index in [1.165, 1.54) is 6.92 Å². The van der Waals surface area contributed by atoms with Crippen LogP contribution in [0.3, 0.4) is 0 Å². The van der Waals surface area contributed by atoms with Crippen LogP contribution in [0.1, 0.15) is 39.9 Å². The minimum absolute atomic E-state index is 0.0328. The number of aryl methyl sites for hydroxylation is 2. The number of hydrogen-bond acceptors (Lipinski definition) is 6. The number of esters is 1. The molecule has 0 N–H and O–H groups in total. The molecule has 0 aliphatic carbocycles. The predicted octanol–water partition coefficient (Wildman–Crippen LogP) is 4.22. The molecule has 0 aliphatic rings. The third-order valence-corrected chi connectivity index (χ3v) is 4.33. The van der Waals surface area contributed by atoms with Gasteiger partial charge in [-0.15, -0.1) is 0 Å². The first kappa shape index (κ1) is 19.4. The van der Waals surface area contributed by atoms with E-state index < -0.39 is 0 Å². The zero-order valence-corrected chi connectivity index (χ0v) is 16.0. The SMILES string of the molecule is CC(=O)c1ccc(OC(=O)Cc2ccc(OCc3c(C)noc3C)cc2)cc1. The lowest BCUT2D eigenvalue weighted by Gasteiger charge is -2.08. The van der Waals surface area contributed by atoms with E-state index in [9.17, 15) is 9.59 Å². The van der Waals surface area contributed by atoms with Crippen LogP contribution < -0.4 is 9.47 Å². The van der Waals surface area contributed by atoms with Crippen molar-refractivity contribution in [3.05, 3.63) is 76.7 Å². The number of Topliss-reactive ketones (excluding diaryl/α,β-unsaturated/α-hetero) is 1. The Labute approximate surface area is 163 Å². The van der Waals surface area contributed by atoms with Gasteiger partial charge in [0.2, 0.25) is 0 Å². The van der Waals surface area contributed by atoms with Gasteiger partial charge in [-0.1, -0.05) is 17.3 Å². The molecule has 0 aliphatic heterocycles. The van der Waals surface area contributed by atoms with Crippen molar-refractivity contribution in [3.8, 4) is 11.5 Å². The van der Waals surface area contributed by atoms with Gasteiger partial charge in [0.1, 0.15) is 23.9 Å². The lowest BCUT2D eigenvalue weighted by molar-refractivity contribution is -0.133. The molecule has 0 saturated heterocycles. The fraction of sp³-hybridized carbons (Fsp3) is 0.227. The maximum absolute atomic E-state index is 12.1. The zero-order chi connectivity index (χ0) is 20.1. The van der Waals surface area contributed by atoms with Crippen molar-refractivity contribution in [2.45, 2.75) is 33.8 Å². The Hall–Kier alpha value is -3.41. The molecule has 0 radical (unpaired) electrons. The monoisotopic (exact) mass is 379 g/mol. The van der Waals surface area contributed by atoms with Crippen molar-refractivity contribution in [2.24, 2.45) is 0 Å². The Bertz CT molecular complexity index is 952. The molecule has 1 aromatic heterocycles. The fourth-order valence-corrected chi connectivity index (χ4v) is 2.66. The van der Waals surface area contributed by atoms with Crippen LogP contribution in [-0.2, 0) is 17.8 Å². The van der Waals surface area contributed by atoms with Crippen molar-refractivity contribution in [3.63, 3.8) is 0 Å². The van der Waals surface area contributed by atoms with Crippen LogP contribution in [0.5, 0.6) is 11.5 Å².